The molecule has 2 rings (SSSR count). The molecule has 0 spiro atoms. The van der Waals surface area contributed by atoms with Crippen LogP contribution in [0.4, 0.5) is 0 Å². The van der Waals surface area contributed by atoms with Crippen molar-refractivity contribution in [3.05, 3.63) is 24.3 Å². The second kappa shape index (κ2) is 3.75. The van der Waals surface area contributed by atoms with Gasteiger partial charge in [-0.2, -0.15) is 4.98 Å². The SMILES string of the molecule is CC(C)(C)[C@H](N)c1nc(-c2ccco2)no1. The van der Waals surface area contributed by atoms with Crippen LogP contribution in [0.25, 0.3) is 11.6 Å². The first-order valence-electron chi connectivity index (χ1n) is 5.11. The van der Waals surface area contributed by atoms with Gasteiger partial charge in [-0.15, -0.1) is 0 Å². The highest BCUT2D eigenvalue weighted by Gasteiger charge is 2.28. The molecule has 2 aromatic heterocycles. The molecule has 0 aliphatic rings. The number of nitrogens with two attached hydrogens (primary N) is 1. The summed E-state index contributed by atoms with van der Waals surface area (Å²) in [6, 6.07) is 3.26. The summed E-state index contributed by atoms with van der Waals surface area (Å²) >= 11 is 0. The summed E-state index contributed by atoms with van der Waals surface area (Å²) < 4.78 is 10.3. The smallest absolute Gasteiger partial charge is 0.244 e. The third-order valence-corrected chi connectivity index (χ3v) is 2.38. The molecule has 16 heavy (non-hydrogen) atoms. The van der Waals surface area contributed by atoms with Crippen LogP contribution in [0.2, 0.25) is 0 Å². The summed E-state index contributed by atoms with van der Waals surface area (Å²) in [7, 11) is 0. The number of hydrogen-bond acceptors (Lipinski definition) is 5. The normalized spacial score (nSPS) is 14.0. The fourth-order valence-corrected chi connectivity index (χ4v) is 1.24. The molecule has 0 saturated heterocycles. The molecule has 0 aliphatic carbocycles. The zero-order valence-corrected chi connectivity index (χ0v) is 9.60. The van der Waals surface area contributed by atoms with Gasteiger partial charge in [0.05, 0.1) is 12.3 Å². The van der Waals surface area contributed by atoms with Crippen molar-refractivity contribution < 1.29 is 8.94 Å². The van der Waals surface area contributed by atoms with Gasteiger partial charge in [-0.3, -0.25) is 0 Å². The molecule has 2 N–H and O–H groups in total. The minimum Gasteiger partial charge on any atom is -0.461 e. The summed E-state index contributed by atoms with van der Waals surface area (Å²) in [4.78, 5) is 4.22. The molecule has 2 aromatic rings. The Balaban J connectivity index is 2.27. The highest BCUT2D eigenvalue weighted by molar-refractivity contribution is 5.44. The summed E-state index contributed by atoms with van der Waals surface area (Å²) in [6.07, 6.45) is 1.56. The first-order valence-corrected chi connectivity index (χ1v) is 5.11. The molecule has 0 amide bonds. The molecular weight excluding hydrogens is 206 g/mol. The number of furan rings is 1. The van der Waals surface area contributed by atoms with Crippen molar-refractivity contribution >= 4 is 0 Å². The average Bonchev–Trinajstić information content (AvgIpc) is 2.85. The number of rotatable bonds is 2. The highest BCUT2D eigenvalue weighted by Crippen LogP contribution is 2.30. The minimum atomic E-state index is -0.288. The van der Waals surface area contributed by atoms with Crippen LogP contribution in [0.15, 0.2) is 27.3 Å². The van der Waals surface area contributed by atoms with E-state index in [0.717, 1.165) is 0 Å². The van der Waals surface area contributed by atoms with Crippen molar-refractivity contribution in [2.45, 2.75) is 26.8 Å². The maximum atomic E-state index is 6.01. The Hall–Kier alpha value is -1.62. The number of hydrogen-bond donors (Lipinski definition) is 1. The second-order valence-electron chi connectivity index (χ2n) is 4.78. The molecule has 0 aromatic carbocycles. The molecule has 0 aliphatic heterocycles. The molecule has 86 valence electrons. The Morgan fingerprint density at radius 1 is 1.38 bits per heavy atom. The lowest BCUT2D eigenvalue weighted by Gasteiger charge is -2.23. The maximum absolute atomic E-state index is 6.01. The first kappa shape index (κ1) is 10.9. The lowest BCUT2D eigenvalue weighted by atomic mass is 9.87. The summed E-state index contributed by atoms with van der Waals surface area (Å²) in [6.45, 7) is 6.07. The Kier molecular flexibility index (Phi) is 2.55. The molecule has 5 heteroatoms. The zero-order valence-electron chi connectivity index (χ0n) is 9.60. The molecule has 0 unspecified atom stereocenters. The van der Waals surface area contributed by atoms with E-state index < -0.39 is 0 Å². The van der Waals surface area contributed by atoms with Crippen molar-refractivity contribution in [1.82, 2.24) is 10.1 Å². The fourth-order valence-electron chi connectivity index (χ4n) is 1.24. The van der Waals surface area contributed by atoms with Gasteiger partial charge >= 0.3 is 0 Å². The topological polar surface area (TPSA) is 78.1 Å². The van der Waals surface area contributed by atoms with Crippen molar-refractivity contribution in [2.75, 3.05) is 0 Å². The van der Waals surface area contributed by atoms with Crippen LogP contribution in [0.5, 0.6) is 0 Å². The minimum absolute atomic E-state index is 0.118. The number of nitrogens with zero attached hydrogens (tertiary/aromatic N) is 2. The van der Waals surface area contributed by atoms with Gasteiger partial charge in [0.1, 0.15) is 0 Å². The van der Waals surface area contributed by atoms with E-state index in [2.05, 4.69) is 10.1 Å². The van der Waals surface area contributed by atoms with Crippen LogP contribution < -0.4 is 5.73 Å². The van der Waals surface area contributed by atoms with Crippen molar-refractivity contribution in [1.29, 1.82) is 0 Å². The van der Waals surface area contributed by atoms with Crippen LogP contribution in [-0.2, 0) is 0 Å². The van der Waals surface area contributed by atoms with Gasteiger partial charge in [0.2, 0.25) is 11.7 Å². The summed E-state index contributed by atoms with van der Waals surface area (Å²) in [5.74, 6) is 1.44. The molecular formula is C11H15N3O2. The van der Waals surface area contributed by atoms with Gasteiger partial charge in [-0.05, 0) is 17.5 Å². The zero-order chi connectivity index (χ0) is 11.8. The van der Waals surface area contributed by atoms with Crippen LogP contribution in [0.3, 0.4) is 0 Å². The molecule has 1 atom stereocenters. The van der Waals surface area contributed by atoms with Gasteiger partial charge in [0.25, 0.3) is 0 Å². The maximum Gasteiger partial charge on any atom is 0.244 e. The van der Waals surface area contributed by atoms with E-state index in [1.165, 1.54) is 0 Å². The predicted octanol–water partition coefficient (Wildman–Crippen LogP) is 2.38. The van der Waals surface area contributed by atoms with Crippen LogP contribution in [-0.4, -0.2) is 10.1 Å². The van der Waals surface area contributed by atoms with Crippen LogP contribution in [0.1, 0.15) is 32.7 Å². The molecule has 0 radical (unpaired) electrons. The Morgan fingerprint density at radius 2 is 2.12 bits per heavy atom. The van der Waals surface area contributed by atoms with E-state index in [1.807, 2.05) is 20.8 Å². The van der Waals surface area contributed by atoms with Crippen LogP contribution >= 0.6 is 0 Å². The summed E-state index contributed by atoms with van der Waals surface area (Å²) in [5, 5.41) is 3.83. The molecule has 0 bridgehead atoms. The number of aromatic nitrogens is 2. The van der Waals surface area contributed by atoms with Crippen molar-refractivity contribution in [3.8, 4) is 11.6 Å². The Labute approximate surface area is 93.6 Å². The van der Waals surface area contributed by atoms with Gasteiger partial charge in [-0.25, -0.2) is 0 Å². The molecule has 0 fully saturated rings. The lowest BCUT2D eigenvalue weighted by molar-refractivity contribution is 0.253. The van der Waals surface area contributed by atoms with Gasteiger partial charge in [0, 0.05) is 0 Å². The van der Waals surface area contributed by atoms with E-state index in [-0.39, 0.29) is 11.5 Å². The third-order valence-electron chi connectivity index (χ3n) is 2.38. The second-order valence-corrected chi connectivity index (χ2v) is 4.78. The largest absolute Gasteiger partial charge is 0.461 e. The van der Waals surface area contributed by atoms with E-state index in [1.54, 1.807) is 18.4 Å². The standard InChI is InChI=1S/C11H15N3O2/c1-11(2,3)8(12)10-13-9(14-16-10)7-5-4-6-15-7/h4-6,8H,12H2,1-3H3/t8-/m1/s1. The third kappa shape index (κ3) is 1.99. The highest BCUT2D eigenvalue weighted by atomic mass is 16.5. The van der Waals surface area contributed by atoms with Crippen molar-refractivity contribution in [3.63, 3.8) is 0 Å². The van der Waals surface area contributed by atoms with Gasteiger partial charge < -0.3 is 14.7 Å². The van der Waals surface area contributed by atoms with E-state index >= 15 is 0 Å². The molecule has 2 heterocycles. The van der Waals surface area contributed by atoms with E-state index in [4.69, 9.17) is 14.7 Å². The van der Waals surface area contributed by atoms with Gasteiger partial charge in [0.15, 0.2) is 5.76 Å². The summed E-state index contributed by atoms with van der Waals surface area (Å²) in [5.41, 5.74) is 5.89. The monoisotopic (exact) mass is 221 g/mol. The quantitative estimate of drug-likeness (QED) is 0.842. The predicted molar refractivity (Wildman–Crippen MR) is 58.4 cm³/mol. The average molecular weight is 221 g/mol. The van der Waals surface area contributed by atoms with E-state index in [0.29, 0.717) is 17.5 Å². The van der Waals surface area contributed by atoms with E-state index in [9.17, 15) is 0 Å². The lowest BCUT2D eigenvalue weighted by Crippen LogP contribution is -2.26. The molecule has 0 saturated carbocycles. The molecule has 5 nitrogen and oxygen atoms in total. The Morgan fingerprint density at radius 3 is 2.69 bits per heavy atom. The van der Waals surface area contributed by atoms with Crippen LogP contribution in [0, 0.1) is 5.41 Å². The Bertz CT molecular complexity index is 454. The first-order chi connectivity index (χ1) is 7.48. The fraction of sp³-hybridized carbons (Fsp3) is 0.455. The van der Waals surface area contributed by atoms with Gasteiger partial charge in [-0.1, -0.05) is 25.9 Å². The van der Waals surface area contributed by atoms with Crippen molar-refractivity contribution in [2.24, 2.45) is 11.1 Å².